The average molecular weight is 207 g/mol. The Kier molecular flexibility index (Phi) is 3.04. The Labute approximate surface area is 89.7 Å². The van der Waals surface area contributed by atoms with Crippen LogP contribution in [-0.2, 0) is 11.3 Å². The number of carbonyl (C=O) groups is 1. The minimum absolute atomic E-state index is 0.266. The second kappa shape index (κ2) is 4.47. The largest absolute Gasteiger partial charge is 0.341 e. The Bertz CT molecular complexity index is 315. The Morgan fingerprint density at radius 1 is 1.60 bits per heavy atom. The van der Waals surface area contributed by atoms with Crippen molar-refractivity contribution in [2.45, 2.75) is 32.2 Å². The molecular formula is C11H17N3O. The van der Waals surface area contributed by atoms with E-state index in [2.05, 4.69) is 10.2 Å². The summed E-state index contributed by atoms with van der Waals surface area (Å²) >= 11 is 0. The summed E-state index contributed by atoms with van der Waals surface area (Å²) in [7, 11) is 1.87. The van der Waals surface area contributed by atoms with Crippen molar-refractivity contribution in [2.75, 3.05) is 7.05 Å². The third-order valence-corrected chi connectivity index (χ3v) is 3.06. The topological polar surface area (TPSA) is 49.0 Å². The molecule has 1 fully saturated rings. The molecular weight excluding hydrogens is 190 g/mol. The van der Waals surface area contributed by atoms with Crippen molar-refractivity contribution in [2.24, 2.45) is 5.92 Å². The first-order chi connectivity index (χ1) is 7.27. The lowest BCUT2D eigenvalue weighted by Gasteiger charge is -2.20. The van der Waals surface area contributed by atoms with Crippen molar-refractivity contribution in [3.05, 3.63) is 18.0 Å². The Hall–Kier alpha value is -1.32. The summed E-state index contributed by atoms with van der Waals surface area (Å²) in [5.74, 6) is 0.551. The molecule has 1 amide bonds. The molecule has 0 aliphatic heterocycles. The zero-order valence-electron chi connectivity index (χ0n) is 9.07. The molecule has 1 aromatic heterocycles. The van der Waals surface area contributed by atoms with Crippen LogP contribution in [0.15, 0.2) is 12.4 Å². The molecule has 82 valence electrons. The van der Waals surface area contributed by atoms with Gasteiger partial charge in [-0.1, -0.05) is 12.8 Å². The predicted molar refractivity (Wildman–Crippen MR) is 57.0 cm³/mol. The second-order valence-corrected chi connectivity index (χ2v) is 4.28. The number of rotatable bonds is 3. The minimum Gasteiger partial charge on any atom is -0.341 e. The molecule has 1 aliphatic rings. The van der Waals surface area contributed by atoms with Gasteiger partial charge in [-0.25, -0.2) is 0 Å². The lowest BCUT2D eigenvalue weighted by molar-refractivity contribution is -0.134. The van der Waals surface area contributed by atoms with Crippen LogP contribution in [0.25, 0.3) is 0 Å². The second-order valence-electron chi connectivity index (χ2n) is 4.28. The Balaban J connectivity index is 1.89. The first kappa shape index (κ1) is 10.2. The molecule has 0 unspecified atom stereocenters. The maximum atomic E-state index is 12.0. The number of H-pyrrole nitrogens is 1. The molecule has 15 heavy (non-hydrogen) atoms. The van der Waals surface area contributed by atoms with Gasteiger partial charge in [0.25, 0.3) is 0 Å². The van der Waals surface area contributed by atoms with E-state index in [0.717, 1.165) is 18.4 Å². The van der Waals surface area contributed by atoms with Gasteiger partial charge < -0.3 is 4.90 Å². The van der Waals surface area contributed by atoms with E-state index < -0.39 is 0 Å². The molecule has 1 heterocycles. The molecule has 1 saturated carbocycles. The van der Waals surface area contributed by atoms with Crippen LogP contribution >= 0.6 is 0 Å². The fourth-order valence-electron chi connectivity index (χ4n) is 2.20. The third kappa shape index (κ3) is 2.37. The highest BCUT2D eigenvalue weighted by molar-refractivity contribution is 5.78. The van der Waals surface area contributed by atoms with Crippen molar-refractivity contribution >= 4 is 5.91 Å². The predicted octanol–water partition coefficient (Wildman–Crippen LogP) is 1.56. The first-order valence-corrected chi connectivity index (χ1v) is 5.50. The first-order valence-electron chi connectivity index (χ1n) is 5.50. The molecule has 4 heteroatoms. The number of hydrogen-bond acceptors (Lipinski definition) is 2. The van der Waals surface area contributed by atoms with Gasteiger partial charge in [0.2, 0.25) is 5.91 Å². The van der Waals surface area contributed by atoms with E-state index in [1.54, 1.807) is 11.1 Å². The summed E-state index contributed by atoms with van der Waals surface area (Å²) < 4.78 is 0. The Morgan fingerprint density at radius 3 is 2.93 bits per heavy atom. The van der Waals surface area contributed by atoms with Crippen LogP contribution < -0.4 is 0 Å². The van der Waals surface area contributed by atoms with Crippen LogP contribution in [0.2, 0.25) is 0 Å². The van der Waals surface area contributed by atoms with E-state index in [1.807, 2.05) is 13.2 Å². The van der Waals surface area contributed by atoms with Crippen LogP contribution in [0.5, 0.6) is 0 Å². The number of amides is 1. The van der Waals surface area contributed by atoms with Crippen LogP contribution in [0, 0.1) is 5.92 Å². The van der Waals surface area contributed by atoms with Gasteiger partial charge in [-0.2, -0.15) is 5.10 Å². The van der Waals surface area contributed by atoms with Crippen molar-refractivity contribution < 1.29 is 4.79 Å². The maximum absolute atomic E-state index is 12.0. The zero-order valence-corrected chi connectivity index (χ0v) is 9.07. The minimum atomic E-state index is 0.266. The highest BCUT2D eigenvalue weighted by Crippen LogP contribution is 2.26. The molecule has 2 rings (SSSR count). The van der Waals surface area contributed by atoms with E-state index in [0.29, 0.717) is 6.54 Å². The fourth-order valence-corrected chi connectivity index (χ4v) is 2.20. The zero-order chi connectivity index (χ0) is 10.7. The molecule has 0 saturated heterocycles. The monoisotopic (exact) mass is 207 g/mol. The summed E-state index contributed by atoms with van der Waals surface area (Å²) in [6.45, 7) is 0.659. The van der Waals surface area contributed by atoms with Crippen LogP contribution in [-0.4, -0.2) is 28.1 Å². The van der Waals surface area contributed by atoms with Crippen LogP contribution in [0.4, 0.5) is 0 Å². The Morgan fingerprint density at radius 2 is 2.33 bits per heavy atom. The van der Waals surface area contributed by atoms with Gasteiger partial charge in [0.1, 0.15) is 0 Å². The lowest BCUT2D eigenvalue weighted by atomic mass is 10.1. The molecule has 1 aromatic rings. The summed E-state index contributed by atoms with van der Waals surface area (Å²) in [5.41, 5.74) is 1.06. The summed E-state index contributed by atoms with van der Waals surface area (Å²) in [5, 5.41) is 6.62. The van der Waals surface area contributed by atoms with Gasteiger partial charge in [0.05, 0.1) is 6.20 Å². The molecule has 0 bridgehead atoms. The van der Waals surface area contributed by atoms with Gasteiger partial charge in [0, 0.05) is 31.3 Å². The van der Waals surface area contributed by atoms with Crippen molar-refractivity contribution in [1.29, 1.82) is 0 Å². The van der Waals surface area contributed by atoms with Gasteiger partial charge in [-0.05, 0) is 12.8 Å². The average Bonchev–Trinajstić information content (AvgIpc) is 2.88. The van der Waals surface area contributed by atoms with Crippen LogP contribution in [0.1, 0.15) is 31.2 Å². The number of aromatic nitrogens is 2. The van der Waals surface area contributed by atoms with Crippen molar-refractivity contribution in [1.82, 2.24) is 15.1 Å². The van der Waals surface area contributed by atoms with E-state index in [-0.39, 0.29) is 11.8 Å². The van der Waals surface area contributed by atoms with E-state index in [1.165, 1.54) is 12.8 Å². The fraction of sp³-hybridized carbons (Fsp3) is 0.636. The van der Waals surface area contributed by atoms with Crippen molar-refractivity contribution in [3.63, 3.8) is 0 Å². The van der Waals surface area contributed by atoms with Gasteiger partial charge in [0.15, 0.2) is 0 Å². The number of nitrogens with zero attached hydrogens (tertiary/aromatic N) is 2. The quantitative estimate of drug-likeness (QED) is 0.817. The van der Waals surface area contributed by atoms with E-state index in [4.69, 9.17) is 0 Å². The number of nitrogens with one attached hydrogen (secondary N) is 1. The number of hydrogen-bond donors (Lipinski definition) is 1. The molecule has 4 nitrogen and oxygen atoms in total. The normalized spacial score (nSPS) is 16.9. The SMILES string of the molecule is CN(Cc1cn[nH]c1)C(=O)C1CCCC1. The van der Waals surface area contributed by atoms with Gasteiger partial charge in [-0.3, -0.25) is 9.89 Å². The maximum Gasteiger partial charge on any atom is 0.225 e. The van der Waals surface area contributed by atoms with Crippen LogP contribution in [0.3, 0.4) is 0 Å². The molecule has 1 N–H and O–H groups in total. The lowest BCUT2D eigenvalue weighted by Crippen LogP contribution is -2.31. The molecule has 0 atom stereocenters. The summed E-state index contributed by atoms with van der Waals surface area (Å²) in [4.78, 5) is 13.8. The highest BCUT2D eigenvalue weighted by atomic mass is 16.2. The van der Waals surface area contributed by atoms with Gasteiger partial charge >= 0.3 is 0 Å². The van der Waals surface area contributed by atoms with Crippen molar-refractivity contribution in [3.8, 4) is 0 Å². The van der Waals surface area contributed by atoms with Gasteiger partial charge in [-0.15, -0.1) is 0 Å². The molecule has 0 radical (unpaired) electrons. The summed E-state index contributed by atoms with van der Waals surface area (Å²) in [6, 6.07) is 0. The number of carbonyl (C=O) groups excluding carboxylic acids is 1. The molecule has 1 aliphatic carbocycles. The summed E-state index contributed by atoms with van der Waals surface area (Å²) in [6.07, 6.45) is 8.13. The molecule has 0 spiro atoms. The molecule has 0 aromatic carbocycles. The standard InChI is InChI=1S/C11H17N3O/c1-14(8-9-6-12-13-7-9)11(15)10-4-2-3-5-10/h6-7,10H,2-5,8H2,1H3,(H,12,13). The smallest absolute Gasteiger partial charge is 0.225 e. The third-order valence-electron chi connectivity index (χ3n) is 3.06. The highest BCUT2D eigenvalue weighted by Gasteiger charge is 2.25. The number of aromatic amines is 1. The van der Waals surface area contributed by atoms with E-state index >= 15 is 0 Å². The van der Waals surface area contributed by atoms with E-state index in [9.17, 15) is 4.79 Å².